The molecule has 4 aromatic rings. The summed E-state index contributed by atoms with van der Waals surface area (Å²) in [4.78, 5) is 2.18. The fourth-order valence-corrected chi connectivity index (χ4v) is 4.24. The van der Waals surface area contributed by atoms with Crippen LogP contribution in [-0.2, 0) is 0 Å². The average molecular weight is 372 g/mol. The van der Waals surface area contributed by atoms with Crippen LogP contribution < -0.4 is 4.74 Å². The van der Waals surface area contributed by atoms with Crippen molar-refractivity contribution >= 4 is 22.5 Å². The number of methoxy groups -OCH3 is 1. The first-order chi connectivity index (χ1) is 13.3. The lowest BCUT2D eigenvalue weighted by molar-refractivity contribution is 0.212. The average Bonchev–Trinajstić information content (AvgIpc) is 2.73. The van der Waals surface area contributed by atoms with Crippen molar-refractivity contribution in [3.63, 3.8) is 0 Å². The van der Waals surface area contributed by atoms with Crippen molar-refractivity contribution in [3.8, 4) is 5.75 Å². The number of fused-ring (bicyclic) bond motifs is 1. The molecule has 27 heavy (non-hydrogen) atoms. The second-order valence-electron chi connectivity index (χ2n) is 6.29. The first-order valence-electron chi connectivity index (χ1n) is 8.83. The summed E-state index contributed by atoms with van der Waals surface area (Å²) in [5.41, 5.74) is 1.65. The number of ether oxygens (including phenoxy) is 1. The molecule has 134 valence electrons. The molecule has 0 aliphatic carbocycles. The summed E-state index contributed by atoms with van der Waals surface area (Å²) in [6, 6.07) is 30.4. The van der Waals surface area contributed by atoms with E-state index in [-0.39, 0.29) is 0 Å². The highest BCUT2D eigenvalue weighted by molar-refractivity contribution is 7.99. The molecule has 0 spiro atoms. The SMILES string of the molecule is COc1ccccc1C(O)c1ccccc1Sc1ccc2ccccc2c1. The molecule has 0 aliphatic rings. The highest BCUT2D eigenvalue weighted by Crippen LogP contribution is 2.38. The Bertz CT molecular complexity index is 1070. The second-order valence-corrected chi connectivity index (χ2v) is 7.41. The van der Waals surface area contributed by atoms with Gasteiger partial charge in [0.15, 0.2) is 0 Å². The van der Waals surface area contributed by atoms with Gasteiger partial charge in [-0.3, -0.25) is 0 Å². The van der Waals surface area contributed by atoms with Gasteiger partial charge < -0.3 is 9.84 Å². The van der Waals surface area contributed by atoms with Crippen molar-refractivity contribution < 1.29 is 9.84 Å². The molecule has 0 radical (unpaired) electrons. The summed E-state index contributed by atoms with van der Waals surface area (Å²) in [6.07, 6.45) is -0.745. The molecule has 0 heterocycles. The van der Waals surface area contributed by atoms with Gasteiger partial charge in [-0.1, -0.05) is 78.5 Å². The summed E-state index contributed by atoms with van der Waals surface area (Å²) in [5, 5.41) is 13.5. The van der Waals surface area contributed by atoms with Crippen molar-refractivity contribution in [3.05, 3.63) is 102 Å². The van der Waals surface area contributed by atoms with Crippen LogP contribution in [0.1, 0.15) is 17.2 Å². The Hall–Kier alpha value is -2.75. The number of benzene rings is 4. The maximum absolute atomic E-state index is 11.0. The van der Waals surface area contributed by atoms with Crippen molar-refractivity contribution in [2.75, 3.05) is 7.11 Å². The molecule has 1 unspecified atom stereocenters. The normalized spacial score (nSPS) is 12.1. The van der Waals surface area contributed by atoms with Gasteiger partial charge in [-0.25, -0.2) is 0 Å². The van der Waals surface area contributed by atoms with Gasteiger partial charge in [0.25, 0.3) is 0 Å². The van der Waals surface area contributed by atoms with Crippen LogP contribution in [0.3, 0.4) is 0 Å². The third kappa shape index (κ3) is 3.70. The first-order valence-corrected chi connectivity index (χ1v) is 9.64. The molecule has 0 saturated heterocycles. The van der Waals surface area contributed by atoms with E-state index < -0.39 is 6.10 Å². The van der Waals surface area contributed by atoms with Gasteiger partial charge in [0.1, 0.15) is 11.9 Å². The summed E-state index contributed by atoms with van der Waals surface area (Å²) in [7, 11) is 1.63. The smallest absolute Gasteiger partial charge is 0.125 e. The zero-order valence-electron chi connectivity index (χ0n) is 15.0. The molecule has 1 atom stereocenters. The standard InChI is InChI=1S/C24H20O2S/c1-26-22-12-6-4-10-20(22)24(25)21-11-5-7-13-23(21)27-19-15-14-17-8-2-3-9-18(17)16-19/h2-16,24-25H,1H3. The fourth-order valence-electron chi connectivity index (χ4n) is 3.22. The van der Waals surface area contributed by atoms with E-state index in [2.05, 4.69) is 36.4 Å². The van der Waals surface area contributed by atoms with Crippen LogP contribution in [0.2, 0.25) is 0 Å². The van der Waals surface area contributed by atoms with Gasteiger partial charge in [-0.15, -0.1) is 0 Å². The Labute approximate surface area is 163 Å². The summed E-state index contributed by atoms with van der Waals surface area (Å²) in [6.45, 7) is 0. The highest BCUT2D eigenvalue weighted by atomic mass is 32.2. The molecule has 0 fully saturated rings. The van der Waals surface area contributed by atoms with E-state index in [0.29, 0.717) is 5.75 Å². The molecule has 0 aliphatic heterocycles. The van der Waals surface area contributed by atoms with Crippen molar-refractivity contribution in [1.29, 1.82) is 0 Å². The Morgan fingerprint density at radius 3 is 2.22 bits per heavy atom. The van der Waals surface area contributed by atoms with E-state index in [1.54, 1.807) is 18.9 Å². The quantitative estimate of drug-likeness (QED) is 0.460. The van der Waals surface area contributed by atoms with Gasteiger partial charge in [0.2, 0.25) is 0 Å². The minimum absolute atomic E-state index is 0.690. The van der Waals surface area contributed by atoms with Crippen LogP contribution in [0.15, 0.2) is 101 Å². The monoisotopic (exact) mass is 372 g/mol. The third-order valence-corrected chi connectivity index (χ3v) is 5.68. The van der Waals surface area contributed by atoms with Gasteiger partial charge in [0, 0.05) is 15.4 Å². The maximum atomic E-state index is 11.0. The molecule has 0 amide bonds. The lowest BCUT2D eigenvalue weighted by Crippen LogP contribution is -2.03. The number of rotatable bonds is 5. The minimum atomic E-state index is -0.745. The predicted octanol–water partition coefficient (Wildman–Crippen LogP) is 6.08. The number of hydrogen-bond donors (Lipinski definition) is 1. The molecule has 4 aromatic carbocycles. The van der Waals surface area contributed by atoms with E-state index in [9.17, 15) is 5.11 Å². The van der Waals surface area contributed by atoms with Crippen LogP contribution >= 0.6 is 11.8 Å². The van der Waals surface area contributed by atoms with E-state index in [0.717, 1.165) is 20.9 Å². The molecule has 0 bridgehead atoms. The molecule has 4 rings (SSSR count). The van der Waals surface area contributed by atoms with Crippen LogP contribution in [0.4, 0.5) is 0 Å². The van der Waals surface area contributed by atoms with Gasteiger partial charge >= 0.3 is 0 Å². The van der Waals surface area contributed by atoms with Crippen LogP contribution in [0, 0.1) is 0 Å². The summed E-state index contributed by atoms with van der Waals surface area (Å²) >= 11 is 1.66. The van der Waals surface area contributed by atoms with Crippen molar-refractivity contribution in [1.82, 2.24) is 0 Å². The van der Waals surface area contributed by atoms with Crippen LogP contribution in [0.5, 0.6) is 5.75 Å². The zero-order valence-corrected chi connectivity index (χ0v) is 15.8. The van der Waals surface area contributed by atoms with Crippen molar-refractivity contribution in [2.24, 2.45) is 0 Å². The van der Waals surface area contributed by atoms with E-state index in [1.165, 1.54) is 10.8 Å². The molecular weight excluding hydrogens is 352 g/mol. The Morgan fingerprint density at radius 1 is 0.741 bits per heavy atom. The number of aliphatic hydroxyl groups excluding tert-OH is 1. The molecule has 3 heteroatoms. The van der Waals surface area contributed by atoms with Gasteiger partial charge in [0.05, 0.1) is 7.11 Å². The van der Waals surface area contributed by atoms with Gasteiger partial charge in [-0.2, -0.15) is 0 Å². The van der Waals surface area contributed by atoms with E-state index in [1.807, 2.05) is 54.6 Å². The van der Waals surface area contributed by atoms with Crippen molar-refractivity contribution in [2.45, 2.75) is 15.9 Å². The summed E-state index contributed by atoms with van der Waals surface area (Å²) in [5.74, 6) is 0.690. The summed E-state index contributed by atoms with van der Waals surface area (Å²) < 4.78 is 5.43. The predicted molar refractivity (Wildman–Crippen MR) is 112 cm³/mol. The third-order valence-electron chi connectivity index (χ3n) is 4.60. The first kappa shape index (κ1) is 17.7. The highest BCUT2D eigenvalue weighted by Gasteiger charge is 2.18. The fraction of sp³-hybridized carbons (Fsp3) is 0.0833. The number of aliphatic hydroxyl groups is 1. The lowest BCUT2D eigenvalue weighted by atomic mass is 10.0. The Kier molecular flexibility index (Phi) is 5.14. The molecule has 0 saturated carbocycles. The Balaban J connectivity index is 1.70. The maximum Gasteiger partial charge on any atom is 0.125 e. The van der Waals surface area contributed by atoms with Crippen LogP contribution in [0.25, 0.3) is 10.8 Å². The molecule has 0 aromatic heterocycles. The Morgan fingerprint density at radius 2 is 1.41 bits per heavy atom. The van der Waals surface area contributed by atoms with Gasteiger partial charge in [-0.05, 0) is 40.6 Å². The van der Waals surface area contributed by atoms with E-state index >= 15 is 0 Å². The lowest BCUT2D eigenvalue weighted by Gasteiger charge is -2.18. The number of hydrogen-bond acceptors (Lipinski definition) is 3. The molecule has 1 N–H and O–H groups in total. The largest absolute Gasteiger partial charge is 0.496 e. The number of para-hydroxylation sites is 1. The molecule has 2 nitrogen and oxygen atoms in total. The second kappa shape index (κ2) is 7.87. The van der Waals surface area contributed by atoms with Crippen LogP contribution in [-0.4, -0.2) is 12.2 Å². The van der Waals surface area contributed by atoms with E-state index in [4.69, 9.17) is 4.74 Å². The molecular formula is C24H20O2S. The zero-order chi connectivity index (χ0) is 18.6. The topological polar surface area (TPSA) is 29.5 Å². The minimum Gasteiger partial charge on any atom is -0.496 e.